The molecule has 7 heteroatoms. The van der Waals surface area contributed by atoms with Crippen LogP contribution in [0.3, 0.4) is 0 Å². The molecule has 2 heterocycles. The predicted molar refractivity (Wildman–Crippen MR) is 71.2 cm³/mol. The third-order valence-corrected chi connectivity index (χ3v) is 2.98. The maximum absolute atomic E-state index is 12.2. The van der Waals surface area contributed by atoms with E-state index in [4.69, 9.17) is 0 Å². The van der Waals surface area contributed by atoms with Crippen LogP contribution in [-0.2, 0) is 18.4 Å². The van der Waals surface area contributed by atoms with E-state index >= 15 is 0 Å². The van der Waals surface area contributed by atoms with E-state index in [1.54, 1.807) is 36.1 Å². The summed E-state index contributed by atoms with van der Waals surface area (Å²) in [6.45, 7) is 2.55. The molecular weight excluding hydrogens is 260 g/mol. The maximum Gasteiger partial charge on any atom is 0.331 e. The number of aliphatic carboxylic acids is 1. The number of hydrogen-bond acceptors (Lipinski definition) is 3. The molecule has 1 unspecified atom stereocenters. The number of carboxylic acid groups (broad SMARTS) is 1. The lowest BCUT2D eigenvalue weighted by molar-refractivity contribution is -0.139. The zero-order valence-corrected chi connectivity index (χ0v) is 11.3. The normalized spacial score (nSPS) is 12.1. The van der Waals surface area contributed by atoms with Gasteiger partial charge in [0.25, 0.3) is 5.91 Å². The average molecular weight is 276 g/mol. The average Bonchev–Trinajstić information content (AvgIpc) is 3.03. The molecule has 106 valence electrons. The molecule has 1 amide bonds. The van der Waals surface area contributed by atoms with Gasteiger partial charge in [-0.25, -0.2) is 4.79 Å². The van der Waals surface area contributed by atoms with Gasteiger partial charge in [0.2, 0.25) is 0 Å². The van der Waals surface area contributed by atoms with E-state index in [0.29, 0.717) is 17.8 Å². The van der Waals surface area contributed by atoms with Gasteiger partial charge in [0.05, 0.1) is 6.20 Å². The minimum Gasteiger partial charge on any atom is -0.479 e. The van der Waals surface area contributed by atoms with Crippen molar-refractivity contribution in [3.63, 3.8) is 0 Å². The highest BCUT2D eigenvalue weighted by Crippen LogP contribution is 2.13. The highest BCUT2D eigenvalue weighted by molar-refractivity contribution is 5.95. The Balaban J connectivity index is 2.21. The molecule has 2 aromatic heterocycles. The van der Waals surface area contributed by atoms with Crippen molar-refractivity contribution in [2.45, 2.75) is 19.5 Å². The van der Waals surface area contributed by atoms with Crippen LogP contribution in [0.4, 0.5) is 0 Å². The van der Waals surface area contributed by atoms with Crippen molar-refractivity contribution in [2.75, 3.05) is 0 Å². The first-order valence-corrected chi connectivity index (χ1v) is 6.20. The number of carbonyl (C=O) groups excluding carboxylic acids is 1. The first-order valence-electron chi connectivity index (χ1n) is 6.20. The Morgan fingerprint density at radius 1 is 1.50 bits per heavy atom. The molecule has 0 saturated carbocycles. The van der Waals surface area contributed by atoms with E-state index in [1.165, 1.54) is 10.9 Å². The van der Waals surface area contributed by atoms with Gasteiger partial charge in [-0.1, -0.05) is 0 Å². The summed E-state index contributed by atoms with van der Waals surface area (Å²) in [5, 5.41) is 15.7. The summed E-state index contributed by atoms with van der Waals surface area (Å²) < 4.78 is 3.24. The molecule has 0 radical (unpaired) electrons. The molecule has 2 rings (SSSR count). The van der Waals surface area contributed by atoms with Crippen LogP contribution in [-0.4, -0.2) is 31.3 Å². The van der Waals surface area contributed by atoms with Gasteiger partial charge >= 0.3 is 5.97 Å². The molecule has 0 aliphatic carbocycles. The van der Waals surface area contributed by atoms with Gasteiger partial charge in [-0.2, -0.15) is 5.10 Å². The van der Waals surface area contributed by atoms with E-state index in [0.717, 1.165) is 0 Å². The van der Waals surface area contributed by atoms with Crippen molar-refractivity contribution >= 4 is 11.9 Å². The minimum absolute atomic E-state index is 0.423. The third-order valence-electron chi connectivity index (χ3n) is 2.98. The molecule has 0 aliphatic rings. The number of aromatic nitrogens is 3. The lowest BCUT2D eigenvalue weighted by Gasteiger charge is -2.13. The summed E-state index contributed by atoms with van der Waals surface area (Å²) in [5.74, 6) is -1.55. The third kappa shape index (κ3) is 2.71. The summed E-state index contributed by atoms with van der Waals surface area (Å²) in [6, 6.07) is 2.29. The van der Waals surface area contributed by atoms with Gasteiger partial charge in [-0.15, -0.1) is 0 Å². The zero-order valence-electron chi connectivity index (χ0n) is 11.3. The van der Waals surface area contributed by atoms with E-state index in [1.807, 2.05) is 6.92 Å². The molecule has 0 spiro atoms. The highest BCUT2D eigenvalue weighted by Gasteiger charge is 2.24. The monoisotopic (exact) mass is 276 g/mol. The number of nitrogens with zero attached hydrogens (tertiary/aromatic N) is 3. The zero-order chi connectivity index (χ0) is 14.7. The first-order chi connectivity index (χ1) is 9.52. The summed E-state index contributed by atoms with van der Waals surface area (Å²) >= 11 is 0. The number of rotatable bonds is 5. The highest BCUT2D eigenvalue weighted by atomic mass is 16.4. The Bertz CT molecular complexity index is 629. The topological polar surface area (TPSA) is 89.2 Å². The number of carboxylic acids is 1. The quantitative estimate of drug-likeness (QED) is 0.845. The largest absolute Gasteiger partial charge is 0.479 e. The summed E-state index contributed by atoms with van der Waals surface area (Å²) in [6.07, 6.45) is 4.77. The second-order valence-electron chi connectivity index (χ2n) is 4.37. The van der Waals surface area contributed by atoms with E-state index < -0.39 is 17.9 Å². The lowest BCUT2D eigenvalue weighted by atomic mass is 10.1. The Labute approximate surface area is 115 Å². The molecule has 0 aromatic carbocycles. The molecule has 7 nitrogen and oxygen atoms in total. The van der Waals surface area contributed by atoms with Crippen molar-refractivity contribution in [3.8, 4) is 0 Å². The minimum atomic E-state index is -1.12. The molecular formula is C13H16N4O3. The van der Waals surface area contributed by atoms with E-state index in [9.17, 15) is 14.7 Å². The number of hydrogen-bond donors (Lipinski definition) is 2. The van der Waals surface area contributed by atoms with Crippen LogP contribution in [0.1, 0.15) is 29.0 Å². The smallest absolute Gasteiger partial charge is 0.331 e. The summed E-state index contributed by atoms with van der Waals surface area (Å²) in [7, 11) is 1.69. The second kappa shape index (κ2) is 5.60. The van der Waals surface area contributed by atoms with Crippen LogP contribution in [0, 0.1) is 0 Å². The summed E-state index contributed by atoms with van der Waals surface area (Å²) in [4.78, 5) is 23.5. The van der Waals surface area contributed by atoms with Gasteiger partial charge in [-0.05, 0) is 19.1 Å². The van der Waals surface area contributed by atoms with Crippen molar-refractivity contribution in [1.29, 1.82) is 0 Å². The lowest BCUT2D eigenvalue weighted by Crippen LogP contribution is -2.34. The number of nitrogens with one attached hydrogen (secondary N) is 1. The van der Waals surface area contributed by atoms with Crippen molar-refractivity contribution in [3.05, 3.63) is 42.0 Å². The van der Waals surface area contributed by atoms with Crippen LogP contribution in [0.5, 0.6) is 0 Å². The molecule has 0 saturated heterocycles. The van der Waals surface area contributed by atoms with Crippen LogP contribution < -0.4 is 5.32 Å². The molecule has 2 aromatic rings. The number of amides is 1. The van der Waals surface area contributed by atoms with E-state index in [-0.39, 0.29) is 0 Å². The molecule has 1 atom stereocenters. The molecule has 0 aliphatic heterocycles. The van der Waals surface area contributed by atoms with E-state index in [2.05, 4.69) is 10.4 Å². The molecule has 0 bridgehead atoms. The number of carbonyl (C=O) groups is 2. The Kier molecular flexibility index (Phi) is 3.88. The van der Waals surface area contributed by atoms with Gasteiger partial charge in [0.1, 0.15) is 5.69 Å². The van der Waals surface area contributed by atoms with Crippen molar-refractivity contribution < 1.29 is 14.7 Å². The fourth-order valence-corrected chi connectivity index (χ4v) is 1.98. The van der Waals surface area contributed by atoms with Gasteiger partial charge in [0, 0.05) is 31.5 Å². The number of aryl methyl sites for hydroxylation is 2. The van der Waals surface area contributed by atoms with Gasteiger partial charge < -0.3 is 15.0 Å². The Hall–Kier alpha value is -2.57. The fourth-order valence-electron chi connectivity index (χ4n) is 1.98. The second-order valence-corrected chi connectivity index (χ2v) is 4.37. The molecule has 2 N–H and O–H groups in total. The predicted octanol–water partition coefficient (Wildman–Crippen LogP) is 0.797. The maximum atomic E-state index is 12.2. The van der Waals surface area contributed by atoms with Gasteiger partial charge in [0.15, 0.2) is 6.04 Å². The van der Waals surface area contributed by atoms with Crippen LogP contribution >= 0.6 is 0 Å². The van der Waals surface area contributed by atoms with Crippen LogP contribution in [0.25, 0.3) is 0 Å². The fraction of sp³-hybridized carbons (Fsp3) is 0.308. The van der Waals surface area contributed by atoms with Crippen molar-refractivity contribution in [2.24, 2.45) is 7.05 Å². The van der Waals surface area contributed by atoms with Crippen LogP contribution in [0.15, 0.2) is 30.7 Å². The molecule has 20 heavy (non-hydrogen) atoms. The Morgan fingerprint density at radius 3 is 2.80 bits per heavy atom. The van der Waals surface area contributed by atoms with Gasteiger partial charge in [-0.3, -0.25) is 9.48 Å². The molecule has 0 fully saturated rings. The summed E-state index contributed by atoms with van der Waals surface area (Å²) in [5.41, 5.74) is 0.866. The standard InChI is InChI=1S/C13H16N4O3/c1-3-17-6-4-5-10(17)12(18)15-11(13(19)20)9-7-14-16(2)8-9/h4-8,11H,3H2,1-2H3,(H,15,18)(H,19,20). The first kappa shape index (κ1) is 13.9. The van der Waals surface area contributed by atoms with Crippen molar-refractivity contribution in [1.82, 2.24) is 19.7 Å². The SMILES string of the molecule is CCn1cccc1C(=O)NC(C(=O)O)c1cnn(C)c1. The van der Waals surface area contributed by atoms with Crippen LogP contribution in [0.2, 0.25) is 0 Å². The Morgan fingerprint density at radius 2 is 2.25 bits per heavy atom.